The monoisotopic (exact) mass is 368 g/mol. The van der Waals surface area contributed by atoms with Gasteiger partial charge in [0.05, 0.1) is 12.3 Å². The van der Waals surface area contributed by atoms with Crippen LogP contribution in [0.1, 0.15) is 5.56 Å². The topological polar surface area (TPSA) is 80.5 Å². The standard InChI is InChI=1S/C11H14BrClN2O3S/c12-10-3-1-9(2-4-10)7-15(8-11(14)16)19(17,18)6-5-13/h1-4H,5-8H2,(H2,14,16). The summed E-state index contributed by atoms with van der Waals surface area (Å²) in [6.45, 7) is -0.259. The van der Waals surface area contributed by atoms with E-state index >= 15 is 0 Å². The molecule has 1 aromatic carbocycles. The Morgan fingerprint density at radius 2 is 1.89 bits per heavy atom. The summed E-state index contributed by atoms with van der Waals surface area (Å²) in [5.74, 6) is -0.953. The number of sulfonamides is 1. The molecule has 0 atom stereocenters. The fourth-order valence-corrected chi connectivity index (χ4v) is 3.42. The van der Waals surface area contributed by atoms with Crippen molar-refractivity contribution < 1.29 is 13.2 Å². The predicted octanol–water partition coefficient (Wildman–Crippen LogP) is 1.31. The smallest absolute Gasteiger partial charge is 0.232 e. The second-order valence-corrected chi connectivity index (χ2v) is 7.25. The molecule has 19 heavy (non-hydrogen) atoms. The van der Waals surface area contributed by atoms with E-state index in [-0.39, 0.29) is 24.7 Å². The van der Waals surface area contributed by atoms with E-state index in [9.17, 15) is 13.2 Å². The molecule has 5 nitrogen and oxygen atoms in total. The molecule has 0 spiro atoms. The van der Waals surface area contributed by atoms with E-state index in [1.54, 1.807) is 24.3 Å². The number of carbonyl (C=O) groups excluding carboxylic acids is 1. The van der Waals surface area contributed by atoms with Crippen LogP contribution in [0.3, 0.4) is 0 Å². The highest BCUT2D eigenvalue weighted by molar-refractivity contribution is 9.10. The van der Waals surface area contributed by atoms with Gasteiger partial charge in [-0.15, -0.1) is 11.6 Å². The lowest BCUT2D eigenvalue weighted by Gasteiger charge is -2.20. The van der Waals surface area contributed by atoms with Gasteiger partial charge in [0.1, 0.15) is 0 Å². The van der Waals surface area contributed by atoms with E-state index < -0.39 is 15.9 Å². The van der Waals surface area contributed by atoms with Crippen molar-refractivity contribution in [2.45, 2.75) is 6.54 Å². The number of hydrogen-bond acceptors (Lipinski definition) is 3. The molecule has 0 radical (unpaired) electrons. The summed E-state index contributed by atoms with van der Waals surface area (Å²) >= 11 is 8.76. The van der Waals surface area contributed by atoms with Gasteiger partial charge in [0.2, 0.25) is 15.9 Å². The van der Waals surface area contributed by atoms with Gasteiger partial charge in [0, 0.05) is 16.9 Å². The molecular weight excluding hydrogens is 356 g/mol. The minimum atomic E-state index is -3.59. The third-order valence-electron chi connectivity index (χ3n) is 2.33. The molecule has 0 aliphatic rings. The first-order chi connectivity index (χ1) is 8.85. The van der Waals surface area contributed by atoms with Crippen LogP contribution in [-0.2, 0) is 21.4 Å². The molecule has 0 unspecified atom stereocenters. The Balaban J connectivity index is 2.92. The average Bonchev–Trinajstić information content (AvgIpc) is 2.30. The Hall–Kier alpha value is -0.630. The molecule has 0 fully saturated rings. The second-order valence-electron chi connectivity index (χ2n) is 3.87. The van der Waals surface area contributed by atoms with Crippen LogP contribution in [0.4, 0.5) is 0 Å². The van der Waals surface area contributed by atoms with E-state index in [2.05, 4.69) is 15.9 Å². The maximum Gasteiger partial charge on any atom is 0.232 e. The molecular formula is C11H14BrClN2O3S. The summed E-state index contributed by atoms with van der Waals surface area (Å²) in [7, 11) is -3.59. The van der Waals surface area contributed by atoms with Gasteiger partial charge in [-0.1, -0.05) is 28.1 Å². The van der Waals surface area contributed by atoms with Crippen molar-refractivity contribution in [3.8, 4) is 0 Å². The van der Waals surface area contributed by atoms with Gasteiger partial charge >= 0.3 is 0 Å². The molecule has 0 aliphatic heterocycles. The van der Waals surface area contributed by atoms with Crippen molar-refractivity contribution in [2.75, 3.05) is 18.2 Å². The Morgan fingerprint density at radius 1 is 1.32 bits per heavy atom. The molecule has 0 bridgehead atoms. The molecule has 0 aliphatic carbocycles. The third-order valence-corrected chi connectivity index (χ3v) is 5.04. The van der Waals surface area contributed by atoms with Crippen LogP contribution in [0.5, 0.6) is 0 Å². The average molecular weight is 370 g/mol. The van der Waals surface area contributed by atoms with Gasteiger partial charge in [-0.2, -0.15) is 4.31 Å². The van der Waals surface area contributed by atoms with Gasteiger partial charge in [-0.3, -0.25) is 4.79 Å². The Labute approximate surface area is 125 Å². The Kier molecular flexibility index (Phi) is 6.25. The van der Waals surface area contributed by atoms with Crippen molar-refractivity contribution >= 4 is 43.5 Å². The quantitative estimate of drug-likeness (QED) is 0.736. The summed E-state index contributed by atoms with van der Waals surface area (Å²) in [4.78, 5) is 11.0. The molecule has 0 aromatic heterocycles. The van der Waals surface area contributed by atoms with Gasteiger partial charge < -0.3 is 5.73 Å². The zero-order chi connectivity index (χ0) is 14.5. The van der Waals surface area contributed by atoms with Gasteiger partial charge in [-0.05, 0) is 17.7 Å². The fourth-order valence-electron chi connectivity index (χ4n) is 1.45. The molecule has 1 rings (SSSR count). The molecule has 0 saturated heterocycles. The van der Waals surface area contributed by atoms with Crippen molar-refractivity contribution in [3.63, 3.8) is 0 Å². The van der Waals surface area contributed by atoms with Gasteiger partial charge in [-0.25, -0.2) is 8.42 Å². The van der Waals surface area contributed by atoms with Crippen LogP contribution in [0.25, 0.3) is 0 Å². The minimum Gasteiger partial charge on any atom is -0.369 e. The number of benzene rings is 1. The highest BCUT2D eigenvalue weighted by atomic mass is 79.9. The van der Waals surface area contributed by atoms with Crippen molar-refractivity contribution in [1.29, 1.82) is 0 Å². The van der Waals surface area contributed by atoms with Crippen LogP contribution >= 0.6 is 27.5 Å². The van der Waals surface area contributed by atoms with E-state index in [0.29, 0.717) is 0 Å². The normalized spacial score (nSPS) is 11.7. The number of rotatable bonds is 7. The van der Waals surface area contributed by atoms with Crippen LogP contribution in [0.15, 0.2) is 28.7 Å². The van der Waals surface area contributed by atoms with E-state index in [4.69, 9.17) is 17.3 Å². The molecule has 0 saturated carbocycles. The lowest BCUT2D eigenvalue weighted by atomic mass is 10.2. The minimum absolute atomic E-state index is 0.0298. The summed E-state index contributed by atoms with van der Waals surface area (Å²) in [5, 5.41) is 0. The maximum absolute atomic E-state index is 12.0. The van der Waals surface area contributed by atoms with Crippen LogP contribution in [0, 0.1) is 0 Å². The SMILES string of the molecule is NC(=O)CN(Cc1ccc(Br)cc1)S(=O)(=O)CCCl. The predicted molar refractivity (Wildman–Crippen MR) is 78.3 cm³/mol. The van der Waals surface area contributed by atoms with E-state index in [0.717, 1.165) is 14.3 Å². The number of nitrogens with zero attached hydrogens (tertiary/aromatic N) is 1. The maximum atomic E-state index is 12.0. The third kappa shape index (κ3) is 5.48. The van der Waals surface area contributed by atoms with Crippen LogP contribution in [-0.4, -0.2) is 36.8 Å². The second kappa shape index (κ2) is 7.23. The van der Waals surface area contributed by atoms with Crippen molar-refractivity contribution in [2.24, 2.45) is 5.73 Å². The summed E-state index contributed by atoms with van der Waals surface area (Å²) in [5.41, 5.74) is 5.84. The van der Waals surface area contributed by atoms with Crippen LogP contribution in [0.2, 0.25) is 0 Å². The molecule has 106 valence electrons. The highest BCUT2D eigenvalue weighted by Gasteiger charge is 2.23. The van der Waals surface area contributed by atoms with Crippen molar-refractivity contribution in [3.05, 3.63) is 34.3 Å². The van der Waals surface area contributed by atoms with E-state index in [1.165, 1.54) is 0 Å². The first kappa shape index (κ1) is 16.4. The summed E-state index contributed by atoms with van der Waals surface area (Å²) < 4.78 is 25.9. The summed E-state index contributed by atoms with van der Waals surface area (Å²) in [6.07, 6.45) is 0. The molecule has 1 amide bonds. The number of carbonyl (C=O) groups is 1. The Bertz CT molecular complexity index is 533. The lowest BCUT2D eigenvalue weighted by molar-refractivity contribution is -0.118. The zero-order valence-electron chi connectivity index (χ0n) is 10.1. The van der Waals surface area contributed by atoms with Crippen molar-refractivity contribution in [1.82, 2.24) is 4.31 Å². The number of primary amides is 1. The summed E-state index contributed by atoms with van der Waals surface area (Å²) in [6, 6.07) is 7.14. The van der Waals surface area contributed by atoms with Gasteiger partial charge in [0.15, 0.2) is 0 Å². The van der Waals surface area contributed by atoms with Gasteiger partial charge in [0.25, 0.3) is 0 Å². The number of hydrogen-bond donors (Lipinski definition) is 1. The van der Waals surface area contributed by atoms with Crippen LogP contribution < -0.4 is 5.73 Å². The number of nitrogens with two attached hydrogens (primary N) is 1. The number of amides is 1. The largest absolute Gasteiger partial charge is 0.369 e. The fraction of sp³-hybridized carbons (Fsp3) is 0.364. The van der Waals surface area contributed by atoms with E-state index in [1.807, 2.05) is 0 Å². The first-order valence-corrected chi connectivity index (χ1v) is 8.35. The molecule has 1 aromatic rings. The molecule has 0 heterocycles. The first-order valence-electron chi connectivity index (χ1n) is 5.41. The Morgan fingerprint density at radius 3 is 2.37 bits per heavy atom. The zero-order valence-corrected chi connectivity index (χ0v) is 13.2. The lowest BCUT2D eigenvalue weighted by Crippen LogP contribution is -2.39. The highest BCUT2D eigenvalue weighted by Crippen LogP contribution is 2.14. The molecule has 8 heteroatoms. The number of halogens is 2. The molecule has 2 N–H and O–H groups in total. The number of alkyl halides is 1.